The number of nitrogens with two attached hydrogens (primary N) is 1. The molecule has 0 aliphatic rings. The Morgan fingerprint density at radius 1 is 1.28 bits per heavy atom. The van der Waals surface area contributed by atoms with Gasteiger partial charge in [0.1, 0.15) is 5.75 Å². The molecule has 0 spiro atoms. The summed E-state index contributed by atoms with van der Waals surface area (Å²) in [4.78, 5) is 12.1. The van der Waals surface area contributed by atoms with Gasteiger partial charge in [-0.05, 0) is 49.4 Å². The molecular weight excluding hydrogens is 366 g/mol. The van der Waals surface area contributed by atoms with Crippen molar-refractivity contribution < 1.29 is 17.9 Å². The SMILES string of the molecule is C[C@@H](Oc1ccc(C#N)cc1Cl)C(=O)Nc1ccc(S(N)(=O)=O)cc1. The molecule has 2 aromatic rings. The first-order chi connectivity index (χ1) is 11.7. The summed E-state index contributed by atoms with van der Waals surface area (Å²) in [6, 6.07) is 11.8. The number of benzene rings is 2. The molecule has 0 aromatic heterocycles. The van der Waals surface area contributed by atoms with Crippen LogP contribution in [0.2, 0.25) is 5.02 Å². The Kier molecular flexibility index (Phi) is 5.64. The number of primary sulfonamides is 1. The molecule has 0 aliphatic carbocycles. The van der Waals surface area contributed by atoms with E-state index in [9.17, 15) is 13.2 Å². The average Bonchev–Trinajstić information content (AvgIpc) is 2.56. The van der Waals surface area contributed by atoms with Crippen LogP contribution in [0.4, 0.5) is 5.69 Å². The summed E-state index contributed by atoms with van der Waals surface area (Å²) in [5.74, 6) is -0.184. The van der Waals surface area contributed by atoms with Crippen molar-refractivity contribution in [3.8, 4) is 11.8 Å². The summed E-state index contributed by atoms with van der Waals surface area (Å²) in [5.41, 5.74) is 0.767. The van der Waals surface area contributed by atoms with E-state index in [2.05, 4.69) is 5.32 Å². The number of halogens is 1. The Morgan fingerprint density at radius 2 is 1.92 bits per heavy atom. The number of carbonyl (C=O) groups is 1. The molecule has 2 aromatic carbocycles. The van der Waals surface area contributed by atoms with Gasteiger partial charge in [-0.3, -0.25) is 4.79 Å². The molecule has 7 nitrogen and oxygen atoms in total. The van der Waals surface area contributed by atoms with Gasteiger partial charge in [0.2, 0.25) is 10.0 Å². The van der Waals surface area contributed by atoms with Gasteiger partial charge < -0.3 is 10.1 Å². The highest BCUT2D eigenvalue weighted by Crippen LogP contribution is 2.26. The van der Waals surface area contributed by atoms with E-state index in [1.54, 1.807) is 0 Å². The molecule has 0 fully saturated rings. The number of carbonyl (C=O) groups excluding carboxylic acids is 1. The molecule has 25 heavy (non-hydrogen) atoms. The summed E-state index contributed by atoms with van der Waals surface area (Å²) in [7, 11) is -3.79. The molecule has 0 aliphatic heterocycles. The lowest BCUT2D eigenvalue weighted by atomic mass is 10.2. The van der Waals surface area contributed by atoms with Gasteiger partial charge in [0, 0.05) is 5.69 Å². The number of anilines is 1. The standard InChI is InChI=1S/C16H14ClN3O4S/c1-10(24-15-7-2-11(9-18)8-14(15)17)16(21)20-12-3-5-13(6-4-12)25(19,22)23/h2-8,10H,1H3,(H,20,21)(H2,19,22,23)/t10-/m1/s1. The lowest BCUT2D eigenvalue weighted by Gasteiger charge is -2.16. The molecule has 0 unspecified atom stereocenters. The normalized spacial score (nSPS) is 12.1. The first kappa shape index (κ1) is 18.7. The number of hydrogen-bond donors (Lipinski definition) is 2. The van der Waals surface area contributed by atoms with Gasteiger partial charge in [0.25, 0.3) is 5.91 Å². The predicted molar refractivity (Wildman–Crippen MR) is 92.7 cm³/mol. The van der Waals surface area contributed by atoms with Crippen molar-refractivity contribution in [1.29, 1.82) is 5.26 Å². The first-order valence-electron chi connectivity index (χ1n) is 7.01. The molecule has 1 atom stereocenters. The highest BCUT2D eigenvalue weighted by atomic mass is 35.5. The van der Waals surface area contributed by atoms with E-state index < -0.39 is 22.0 Å². The summed E-state index contributed by atoms with van der Waals surface area (Å²) >= 11 is 6.00. The molecule has 0 saturated carbocycles. The second-order valence-corrected chi connectivity index (χ2v) is 7.04. The third kappa shape index (κ3) is 4.93. The van der Waals surface area contributed by atoms with E-state index in [-0.39, 0.29) is 15.7 Å². The maximum Gasteiger partial charge on any atom is 0.265 e. The summed E-state index contributed by atoms with van der Waals surface area (Å²) in [6.07, 6.45) is -0.872. The van der Waals surface area contributed by atoms with E-state index in [0.29, 0.717) is 11.3 Å². The molecule has 130 valence electrons. The fraction of sp³-hybridized carbons (Fsp3) is 0.125. The van der Waals surface area contributed by atoms with Crippen molar-refractivity contribution in [2.45, 2.75) is 17.9 Å². The molecule has 9 heteroatoms. The predicted octanol–water partition coefficient (Wildman–Crippen LogP) is 2.27. The Hall–Kier alpha value is -2.60. The van der Waals surface area contributed by atoms with Crippen LogP contribution < -0.4 is 15.2 Å². The third-order valence-electron chi connectivity index (χ3n) is 3.18. The number of sulfonamides is 1. The minimum absolute atomic E-state index is 0.0563. The summed E-state index contributed by atoms with van der Waals surface area (Å²) in [5, 5.41) is 16.6. The summed E-state index contributed by atoms with van der Waals surface area (Å²) in [6.45, 7) is 1.53. The van der Waals surface area contributed by atoms with E-state index in [1.807, 2.05) is 6.07 Å². The highest BCUT2D eigenvalue weighted by molar-refractivity contribution is 7.89. The van der Waals surface area contributed by atoms with Crippen molar-refractivity contribution in [1.82, 2.24) is 0 Å². The van der Waals surface area contributed by atoms with Crippen LogP contribution in [-0.2, 0) is 14.8 Å². The number of ether oxygens (including phenoxy) is 1. The van der Waals surface area contributed by atoms with E-state index >= 15 is 0 Å². The number of nitriles is 1. The fourth-order valence-electron chi connectivity index (χ4n) is 1.88. The third-order valence-corrected chi connectivity index (χ3v) is 4.41. The average molecular weight is 380 g/mol. The van der Waals surface area contributed by atoms with Gasteiger partial charge in [0.15, 0.2) is 6.10 Å². The van der Waals surface area contributed by atoms with Crippen molar-refractivity contribution in [2.75, 3.05) is 5.32 Å². The van der Waals surface area contributed by atoms with Crippen LogP contribution in [0.5, 0.6) is 5.75 Å². The van der Waals surface area contributed by atoms with Crippen molar-refractivity contribution in [3.05, 3.63) is 53.1 Å². The number of nitrogens with zero attached hydrogens (tertiary/aromatic N) is 1. The van der Waals surface area contributed by atoms with Crippen LogP contribution in [0.15, 0.2) is 47.4 Å². The van der Waals surface area contributed by atoms with Gasteiger partial charge in [-0.25, -0.2) is 13.6 Å². The Labute approximate surface area is 150 Å². The molecular formula is C16H14ClN3O4S. The first-order valence-corrected chi connectivity index (χ1v) is 8.93. The number of amides is 1. The lowest BCUT2D eigenvalue weighted by molar-refractivity contribution is -0.122. The Bertz CT molecular complexity index is 937. The zero-order chi connectivity index (χ0) is 18.6. The minimum atomic E-state index is -3.79. The Balaban J connectivity index is 2.04. The number of rotatable bonds is 5. The molecule has 3 N–H and O–H groups in total. The largest absolute Gasteiger partial charge is 0.479 e. The quantitative estimate of drug-likeness (QED) is 0.824. The summed E-state index contributed by atoms with van der Waals surface area (Å²) < 4.78 is 27.9. The maximum absolute atomic E-state index is 12.2. The van der Waals surface area contributed by atoms with E-state index in [0.717, 1.165) is 0 Å². The zero-order valence-electron chi connectivity index (χ0n) is 13.1. The molecule has 0 radical (unpaired) electrons. The van der Waals surface area contributed by atoms with E-state index in [4.69, 9.17) is 26.7 Å². The van der Waals surface area contributed by atoms with Crippen LogP contribution in [0.1, 0.15) is 12.5 Å². The second-order valence-electron chi connectivity index (χ2n) is 5.08. The molecule has 2 rings (SSSR count). The van der Waals surface area contributed by atoms with Crippen LogP contribution >= 0.6 is 11.6 Å². The Morgan fingerprint density at radius 3 is 2.44 bits per heavy atom. The van der Waals surface area contributed by atoms with Gasteiger partial charge in [-0.1, -0.05) is 11.6 Å². The molecule has 0 saturated heterocycles. The molecule has 0 bridgehead atoms. The fourth-order valence-corrected chi connectivity index (χ4v) is 2.62. The minimum Gasteiger partial charge on any atom is -0.479 e. The lowest BCUT2D eigenvalue weighted by Crippen LogP contribution is -2.30. The molecule has 1 amide bonds. The van der Waals surface area contributed by atoms with Crippen molar-refractivity contribution in [3.63, 3.8) is 0 Å². The maximum atomic E-state index is 12.2. The van der Waals surface area contributed by atoms with Crippen molar-refractivity contribution >= 4 is 33.2 Å². The van der Waals surface area contributed by atoms with E-state index in [1.165, 1.54) is 49.4 Å². The van der Waals surface area contributed by atoms with Crippen LogP contribution in [-0.4, -0.2) is 20.4 Å². The van der Waals surface area contributed by atoms with Crippen LogP contribution in [0, 0.1) is 11.3 Å². The van der Waals surface area contributed by atoms with Gasteiger partial charge in [-0.2, -0.15) is 5.26 Å². The van der Waals surface area contributed by atoms with Gasteiger partial charge >= 0.3 is 0 Å². The van der Waals surface area contributed by atoms with Crippen LogP contribution in [0.3, 0.4) is 0 Å². The number of hydrogen-bond acceptors (Lipinski definition) is 5. The number of nitrogens with one attached hydrogen (secondary N) is 1. The van der Waals surface area contributed by atoms with Gasteiger partial charge in [-0.15, -0.1) is 0 Å². The highest BCUT2D eigenvalue weighted by Gasteiger charge is 2.17. The van der Waals surface area contributed by atoms with Crippen molar-refractivity contribution in [2.24, 2.45) is 5.14 Å². The second kappa shape index (κ2) is 7.53. The topological polar surface area (TPSA) is 122 Å². The smallest absolute Gasteiger partial charge is 0.265 e. The molecule has 0 heterocycles. The monoisotopic (exact) mass is 379 g/mol. The van der Waals surface area contributed by atoms with Gasteiger partial charge in [0.05, 0.1) is 21.6 Å². The van der Waals surface area contributed by atoms with Crippen LogP contribution in [0.25, 0.3) is 0 Å². The zero-order valence-corrected chi connectivity index (χ0v) is 14.6.